The molecule has 0 bridgehead atoms. The van der Waals surface area contributed by atoms with Crippen molar-refractivity contribution in [1.82, 2.24) is 4.90 Å². The Bertz CT molecular complexity index is 433. The number of nitrogens with zero attached hydrogens (tertiary/aromatic N) is 1. The highest BCUT2D eigenvalue weighted by Crippen LogP contribution is 2.25. The summed E-state index contributed by atoms with van der Waals surface area (Å²) in [5, 5.41) is 0. The van der Waals surface area contributed by atoms with Gasteiger partial charge in [-0.1, -0.05) is 48.8 Å². The van der Waals surface area contributed by atoms with E-state index < -0.39 is 0 Å². The molecule has 0 aliphatic heterocycles. The quantitative estimate of drug-likeness (QED) is 0.765. The van der Waals surface area contributed by atoms with Crippen LogP contribution < -0.4 is 0 Å². The molecule has 1 aromatic rings. The number of benzene rings is 1. The molecule has 0 N–H and O–H groups in total. The standard InChI is InChI=1S/C16H24BrNO/c1-11(18(6)12(2)16(3,4)5)15(19)13-7-9-14(17)10-8-13/h7-12H,1-6H3. The lowest BCUT2D eigenvalue weighted by Crippen LogP contribution is -2.47. The van der Waals surface area contributed by atoms with Gasteiger partial charge in [-0.05, 0) is 38.4 Å². The number of halogens is 1. The van der Waals surface area contributed by atoms with Crippen molar-refractivity contribution >= 4 is 21.7 Å². The summed E-state index contributed by atoms with van der Waals surface area (Å²) in [5.41, 5.74) is 0.923. The molecular formula is C16H24BrNO. The van der Waals surface area contributed by atoms with E-state index in [0.717, 1.165) is 10.0 Å². The first-order chi connectivity index (χ1) is 8.64. The first kappa shape index (κ1) is 16.4. The maximum absolute atomic E-state index is 12.5. The molecule has 0 saturated heterocycles. The van der Waals surface area contributed by atoms with Gasteiger partial charge < -0.3 is 0 Å². The third kappa shape index (κ3) is 4.15. The molecule has 0 fully saturated rings. The van der Waals surface area contributed by atoms with E-state index in [1.54, 1.807) is 0 Å². The number of Topliss-reactive ketones (excluding diaryl/α,β-unsaturated/α-hetero) is 1. The van der Waals surface area contributed by atoms with E-state index in [-0.39, 0.29) is 17.2 Å². The second-order valence-corrected chi connectivity index (χ2v) is 7.17. The number of likely N-dealkylation sites (N-methyl/N-ethyl adjacent to an activating group) is 1. The van der Waals surface area contributed by atoms with Gasteiger partial charge in [-0.15, -0.1) is 0 Å². The van der Waals surface area contributed by atoms with Crippen LogP contribution in [-0.2, 0) is 0 Å². The molecule has 0 aliphatic carbocycles. The summed E-state index contributed by atoms with van der Waals surface area (Å²) in [6.07, 6.45) is 0. The van der Waals surface area contributed by atoms with Crippen molar-refractivity contribution in [3.63, 3.8) is 0 Å². The van der Waals surface area contributed by atoms with E-state index in [0.29, 0.717) is 6.04 Å². The van der Waals surface area contributed by atoms with Crippen molar-refractivity contribution in [2.45, 2.75) is 46.7 Å². The van der Waals surface area contributed by atoms with Crippen LogP contribution in [0.3, 0.4) is 0 Å². The van der Waals surface area contributed by atoms with Crippen LogP contribution >= 0.6 is 15.9 Å². The molecule has 0 amide bonds. The van der Waals surface area contributed by atoms with Crippen LogP contribution in [0, 0.1) is 5.41 Å². The Morgan fingerprint density at radius 1 is 1.16 bits per heavy atom. The minimum Gasteiger partial charge on any atom is -0.293 e. The fourth-order valence-corrected chi connectivity index (χ4v) is 2.25. The summed E-state index contributed by atoms with van der Waals surface area (Å²) >= 11 is 3.39. The van der Waals surface area contributed by atoms with Crippen molar-refractivity contribution < 1.29 is 4.79 Å². The van der Waals surface area contributed by atoms with Gasteiger partial charge in [-0.2, -0.15) is 0 Å². The molecule has 0 aromatic heterocycles. The SMILES string of the molecule is CC(C(=O)c1ccc(Br)cc1)N(C)C(C)C(C)(C)C. The first-order valence-corrected chi connectivity index (χ1v) is 7.45. The van der Waals surface area contributed by atoms with Gasteiger partial charge in [0.2, 0.25) is 0 Å². The van der Waals surface area contributed by atoms with Crippen LogP contribution in [0.1, 0.15) is 45.0 Å². The van der Waals surface area contributed by atoms with E-state index in [1.165, 1.54) is 0 Å². The zero-order valence-corrected chi connectivity index (χ0v) is 14.3. The summed E-state index contributed by atoms with van der Waals surface area (Å²) in [7, 11) is 2.03. The molecule has 106 valence electrons. The molecular weight excluding hydrogens is 302 g/mol. The van der Waals surface area contributed by atoms with Crippen LogP contribution in [0.15, 0.2) is 28.7 Å². The summed E-state index contributed by atoms with van der Waals surface area (Å²) in [6, 6.07) is 7.79. The van der Waals surface area contributed by atoms with Gasteiger partial charge in [-0.25, -0.2) is 0 Å². The summed E-state index contributed by atoms with van der Waals surface area (Å²) in [5.74, 6) is 0.172. The molecule has 19 heavy (non-hydrogen) atoms. The van der Waals surface area contributed by atoms with E-state index in [1.807, 2.05) is 38.2 Å². The van der Waals surface area contributed by atoms with Crippen molar-refractivity contribution in [2.75, 3.05) is 7.05 Å². The molecule has 0 spiro atoms. The predicted molar refractivity (Wildman–Crippen MR) is 84.6 cm³/mol. The second kappa shape index (κ2) is 6.19. The molecule has 1 aromatic carbocycles. The predicted octanol–water partition coefficient (Wildman–Crippen LogP) is 4.39. The minimum atomic E-state index is -0.115. The Morgan fingerprint density at radius 3 is 2.05 bits per heavy atom. The van der Waals surface area contributed by atoms with E-state index in [9.17, 15) is 4.79 Å². The fourth-order valence-electron chi connectivity index (χ4n) is 1.99. The van der Waals surface area contributed by atoms with Gasteiger partial charge in [0.25, 0.3) is 0 Å². The average molecular weight is 326 g/mol. The van der Waals surface area contributed by atoms with Crippen LogP contribution in [0.2, 0.25) is 0 Å². The Balaban J connectivity index is 2.85. The van der Waals surface area contributed by atoms with Crippen molar-refractivity contribution in [3.05, 3.63) is 34.3 Å². The van der Waals surface area contributed by atoms with Crippen LogP contribution in [0.4, 0.5) is 0 Å². The molecule has 0 aliphatic rings. The maximum atomic E-state index is 12.5. The summed E-state index contributed by atoms with van der Waals surface area (Å²) in [6.45, 7) is 10.7. The largest absolute Gasteiger partial charge is 0.293 e. The van der Waals surface area contributed by atoms with Gasteiger partial charge in [0, 0.05) is 16.1 Å². The maximum Gasteiger partial charge on any atom is 0.179 e. The monoisotopic (exact) mass is 325 g/mol. The number of rotatable bonds is 4. The smallest absolute Gasteiger partial charge is 0.179 e. The van der Waals surface area contributed by atoms with Crippen molar-refractivity contribution in [2.24, 2.45) is 5.41 Å². The number of carbonyl (C=O) groups is 1. The number of carbonyl (C=O) groups excluding carboxylic acids is 1. The summed E-state index contributed by atoms with van der Waals surface area (Å²) in [4.78, 5) is 14.6. The fraction of sp³-hybridized carbons (Fsp3) is 0.562. The second-order valence-electron chi connectivity index (χ2n) is 6.25. The average Bonchev–Trinajstić information content (AvgIpc) is 2.35. The highest BCUT2D eigenvalue weighted by molar-refractivity contribution is 9.10. The molecule has 0 saturated carbocycles. The Labute approximate surface area is 125 Å². The molecule has 0 radical (unpaired) electrons. The normalized spacial score (nSPS) is 15.4. The van der Waals surface area contributed by atoms with Crippen LogP contribution in [-0.4, -0.2) is 29.8 Å². The molecule has 2 atom stereocenters. The third-order valence-electron chi connectivity index (χ3n) is 3.98. The Hall–Kier alpha value is -0.670. The summed E-state index contributed by atoms with van der Waals surface area (Å²) < 4.78 is 0.994. The lowest BCUT2D eigenvalue weighted by molar-refractivity contribution is 0.0695. The molecule has 2 unspecified atom stereocenters. The first-order valence-electron chi connectivity index (χ1n) is 6.66. The minimum absolute atomic E-state index is 0.115. The van der Waals surface area contributed by atoms with Crippen LogP contribution in [0.5, 0.6) is 0 Å². The molecule has 1 rings (SSSR count). The van der Waals surface area contributed by atoms with E-state index in [4.69, 9.17) is 0 Å². The number of hydrogen-bond acceptors (Lipinski definition) is 2. The topological polar surface area (TPSA) is 20.3 Å². The number of hydrogen-bond donors (Lipinski definition) is 0. The highest BCUT2D eigenvalue weighted by atomic mass is 79.9. The lowest BCUT2D eigenvalue weighted by atomic mass is 9.86. The lowest BCUT2D eigenvalue weighted by Gasteiger charge is -2.38. The van der Waals surface area contributed by atoms with Crippen molar-refractivity contribution in [1.29, 1.82) is 0 Å². The van der Waals surface area contributed by atoms with Gasteiger partial charge in [0.1, 0.15) is 0 Å². The van der Waals surface area contributed by atoms with E-state index in [2.05, 4.69) is 48.5 Å². The van der Waals surface area contributed by atoms with Crippen molar-refractivity contribution in [3.8, 4) is 0 Å². The van der Waals surface area contributed by atoms with Gasteiger partial charge in [0.15, 0.2) is 5.78 Å². The Morgan fingerprint density at radius 2 is 1.63 bits per heavy atom. The molecule has 2 nitrogen and oxygen atoms in total. The Kier molecular flexibility index (Phi) is 5.34. The van der Waals surface area contributed by atoms with Crippen LogP contribution in [0.25, 0.3) is 0 Å². The zero-order valence-electron chi connectivity index (χ0n) is 12.7. The van der Waals surface area contributed by atoms with Gasteiger partial charge in [0.05, 0.1) is 6.04 Å². The number of ketones is 1. The molecule has 3 heteroatoms. The zero-order chi connectivity index (χ0) is 14.8. The highest BCUT2D eigenvalue weighted by Gasteiger charge is 2.29. The van der Waals surface area contributed by atoms with E-state index >= 15 is 0 Å². The van der Waals surface area contributed by atoms with Gasteiger partial charge in [-0.3, -0.25) is 9.69 Å². The third-order valence-corrected chi connectivity index (χ3v) is 4.51. The van der Waals surface area contributed by atoms with Gasteiger partial charge >= 0.3 is 0 Å². The molecule has 0 heterocycles.